The third-order valence-corrected chi connectivity index (χ3v) is 2.41. The van der Waals surface area contributed by atoms with Crippen LogP contribution in [0, 0.1) is 0 Å². The standard InChI is InChI=1S/C10H14N6O2/c17-9-8(14-15-10(18)13-9)12-3-1-2-5-16-6-4-11-7-16/h4,6-7H,1-3,5H2,(H,12,14)(H2,13,15,17,18). The molecule has 0 atom stereocenters. The highest BCUT2D eigenvalue weighted by Gasteiger charge is 2.00. The zero-order chi connectivity index (χ0) is 12.8. The molecule has 0 aliphatic rings. The lowest BCUT2D eigenvalue weighted by Gasteiger charge is -2.04. The second-order valence-electron chi connectivity index (χ2n) is 3.79. The van der Waals surface area contributed by atoms with E-state index in [1.54, 1.807) is 12.5 Å². The number of aromatic amines is 2. The molecule has 3 N–H and O–H groups in total. The summed E-state index contributed by atoms with van der Waals surface area (Å²) < 4.78 is 1.99. The molecule has 0 fully saturated rings. The monoisotopic (exact) mass is 250 g/mol. The Morgan fingerprint density at radius 2 is 2.22 bits per heavy atom. The van der Waals surface area contributed by atoms with E-state index >= 15 is 0 Å². The summed E-state index contributed by atoms with van der Waals surface area (Å²) in [6.07, 6.45) is 7.26. The Morgan fingerprint density at radius 3 is 2.94 bits per heavy atom. The molecule has 8 heteroatoms. The largest absolute Gasteiger partial charge is 0.364 e. The molecule has 0 unspecified atom stereocenters. The van der Waals surface area contributed by atoms with Crippen molar-refractivity contribution >= 4 is 5.82 Å². The number of aryl methyl sites for hydroxylation is 1. The van der Waals surface area contributed by atoms with Gasteiger partial charge in [0.25, 0.3) is 5.56 Å². The molecule has 18 heavy (non-hydrogen) atoms. The molecule has 0 radical (unpaired) electrons. The summed E-state index contributed by atoms with van der Waals surface area (Å²) in [6.45, 7) is 1.51. The van der Waals surface area contributed by atoms with Crippen molar-refractivity contribution in [1.82, 2.24) is 24.7 Å². The molecule has 2 heterocycles. The van der Waals surface area contributed by atoms with Crippen LogP contribution < -0.4 is 16.6 Å². The highest BCUT2D eigenvalue weighted by atomic mass is 16.2. The fourth-order valence-electron chi connectivity index (χ4n) is 1.51. The highest BCUT2D eigenvalue weighted by Crippen LogP contribution is 1.96. The van der Waals surface area contributed by atoms with Crippen molar-refractivity contribution in [2.75, 3.05) is 11.9 Å². The lowest BCUT2D eigenvalue weighted by Crippen LogP contribution is -2.27. The first-order valence-corrected chi connectivity index (χ1v) is 5.64. The first-order chi connectivity index (χ1) is 8.75. The summed E-state index contributed by atoms with van der Waals surface area (Å²) in [6, 6.07) is 0. The van der Waals surface area contributed by atoms with Gasteiger partial charge in [0.1, 0.15) is 0 Å². The molecule has 0 aliphatic carbocycles. The third kappa shape index (κ3) is 3.30. The predicted octanol–water partition coefficient (Wildman–Crippen LogP) is -0.453. The Balaban J connectivity index is 1.72. The maximum absolute atomic E-state index is 11.3. The maximum Gasteiger partial charge on any atom is 0.342 e. The van der Waals surface area contributed by atoms with Crippen LogP contribution >= 0.6 is 0 Å². The number of hydrogen-bond donors (Lipinski definition) is 3. The Morgan fingerprint density at radius 1 is 1.33 bits per heavy atom. The molecule has 2 aromatic rings. The summed E-state index contributed by atoms with van der Waals surface area (Å²) in [4.78, 5) is 28.1. The van der Waals surface area contributed by atoms with Gasteiger partial charge in [0.15, 0.2) is 0 Å². The highest BCUT2D eigenvalue weighted by molar-refractivity contribution is 5.28. The van der Waals surface area contributed by atoms with Gasteiger partial charge in [0.2, 0.25) is 5.82 Å². The van der Waals surface area contributed by atoms with E-state index in [1.807, 2.05) is 10.8 Å². The molecule has 0 aromatic carbocycles. The average Bonchev–Trinajstić information content (AvgIpc) is 2.84. The minimum atomic E-state index is -0.606. The number of hydrogen-bond acceptors (Lipinski definition) is 5. The van der Waals surface area contributed by atoms with E-state index in [1.165, 1.54) is 0 Å². The van der Waals surface area contributed by atoms with Gasteiger partial charge in [-0.25, -0.2) is 14.9 Å². The van der Waals surface area contributed by atoms with Crippen molar-refractivity contribution in [3.63, 3.8) is 0 Å². The number of imidazole rings is 1. The van der Waals surface area contributed by atoms with E-state index in [9.17, 15) is 9.59 Å². The van der Waals surface area contributed by atoms with Crippen molar-refractivity contribution in [3.05, 3.63) is 39.6 Å². The minimum Gasteiger partial charge on any atom is -0.364 e. The van der Waals surface area contributed by atoms with Crippen LogP contribution in [-0.2, 0) is 6.54 Å². The van der Waals surface area contributed by atoms with Crippen LogP contribution in [-0.4, -0.2) is 31.3 Å². The van der Waals surface area contributed by atoms with Gasteiger partial charge < -0.3 is 9.88 Å². The summed E-state index contributed by atoms with van der Waals surface area (Å²) >= 11 is 0. The first-order valence-electron chi connectivity index (χ1n) is 5.64. The van der Waals surface area contributed by atoms with Gasteiger partial charge in [-0.2, -0.15) is 0 Å². The summed E-state index contributed by atoms with van der Waals surface area (Å²) in [5.41, 5.74) is -1.11. The number of nitrogens with zero attached hydrogens (tertiary/aromatic N) is 3. The number of unbranched alkanes of at least 4 members (excludes halogenated alkanes) is 1. The molecule has 2 aromatic heterocycles. The minimum absolute atomic E-state index is 0.136. The van der Waals surface area contributed by atoms with Crippen LogP contribution in [0.2, 0.25) is 0 Å². The van der Waals surface area contributed by atoms with Crippen LogP contribution in [0.5, 0.6) is 0 Å². The van der Waals surface area contributed by atoms with Crippen molar-refractivity contribution < 1.29 is 0 Å². The van der Waals surface area contributed by atoms with Crippen LogP contribution in [0.3, 0.4) is 0 Å². The van der Waals surface area contributed by atoms with Gasteiger partial charge in [-0.3, -0.25) is 9.78 Å². The number of aromatic nitrogens is 5. The lowest BCUT2D eigenvalue weighted by atomic mass is 10.3. The van der Waals surface area contributed by atoms with Crippen LogP contribution in [0.4, 0.5) is 5.82 Å². The van der Waals surface area contributed by atoms with Crippen molar-refractivity contribution in [1.29, 1.82) is 0 Å². The molecule has 96 valence electrons. The van der Waals surface area contributed by atoms with Crippen LogP contribution in [0.15, 0.2) is 28.3 Å². The second-order valence-corrected chi connectivity index (χ2v) is 3.79. The van der Waals surface area contributed by atoms with E-state index < -0.39 is 11.2 Å². The molecule has 2 rings (SSSR count). The van der Waals surface area contributed by atoms with Gasteiger partial charge in [0, 0.05) is 25.5 Å². The maximum atomic E-state index is 11.3. The van der Waals surface area contributed by atoms with Gasteiger partial charge in [0.05, 0.1) is 6.33 Å². The Hall–Kier alpha value is -2.38. The number of anilines is 1. The zero-order valence-corrected chi connectivity index (χ0v) is 9.72. The molecule has 0 saturated heterocycles. The van der Waals surface area contributed by atoms with Crippen molar-refractivity contribution in [3.8, 4) is 0 Å². The SMILES string of the molecule is O=c1[nH]nc(NCCCCn2ccnc2)c(=O)[nH]1. The Bertz CT molecular complexity index is 585. The molecule has 8 nitrogen and oxygen atoms in total. The first kappa shape index (κ1) is 12.1. The van der Waals surface area contributed by atoms with E-state index in [-0.39, 0.29) is 5.82 Å². The Labute approximate surface area is 102 Å². The molecular weight excluding hydrogens is 236 g/mol. The van der Waals surface area contributed by atoms with Gasteiger partial charge in [-0.1, -0.05) is 0 Å². The average molecular weight is 250 g/mol. The summed E-state index contributed by atoms with van der Waals surface area (Å²) in [5.74, 6) is 0.136. The predicted molar refractivity (Wildman–Crippen MR) is 65.4 cm³/mol. The molecule has 0 spiro atoms. The number of rotatable bonds is 6. The van der Waals surface area contributed by atoms with Crippen LogP contribution in [0.1, 0.15) is 12.8 Å². The second kappa shape index (κ2) is 5.80. The molecular formula is C10H14N6O2. The number of H-pyrrole nitrogens is 2. The molecule has 0 aliphatic heterocycles. The van der Waals surface area contributed by atoms with Gasteiger partial charge in [-0.15, -0.1) is 5.10 Å². The van der Waals surface area contributed by atoms with Crippen molar-refractivity contribution in [2.24, 2.45) is 0 Å². The zero-order valence-electron chi connectivity index (χ0n) is 9.72. The van der Waals surface area contributed by atoms with Gasteiger partial charge in [-0.05, 0) is 12.8 Å². The normalized spacial score (nSPS) is 10.4. The third-order valence-electron chi connectivity index (χ3n) is 2.41. The lowest BCUT2D eigenvalue weighted by molar-refractivity contribution is 0.620. The van der Waals surface area contributed by atoms with Gasteiger partial charge >= 0.3 is 5.69 Å². The van der Waals surface area contributed by atoms with E-state index in [2.05, 4.69) is 25.5 Å². The molecule has 0 amide bonds. The fourth-order valence-corrected chi connectivity index (χ4v) is 1.51. The Kier molecular flexibility index (Phi) is 3.90. The molecule has 0 bridgehead atoms. The van der Waals surface area contributed by atoms with E-state index in [0.29, 0.717) is 6.54 Å². The summed E-state index contributed by atoms with van der Waals surface area (Å²) in [5, 5.41) is 8.66. The van der Waals surface area contributed by atoms with E-state index in [0.717, 1.165) is 19.4 Å². The van der Waals surface area contributed by atoms with Crippen LogP contribution in [0.25, 0.3) is 0 Å². The fraction of sp³-hybridized carbons (Fsp3) is 0.400. The number of nitrogens with one attached hydrogen (secondary N) is 3. The van der Waals surface area contributed by atoms with Crippen molar-refractivity contribution in [2.45, 2.75) is 19.4 Å². The smallest absolute Gasteiger partial charge is 0.342 e. The van der Waals surface area contributed by atoms with E-state index in [4.69, 9.17) is 0 Å². The topological polar surface area (TPSA) is 108 Å². The molecule has 0 saturated carbocycles. The summed E-state index contributed by atoms with van der Waals surface area (Å²) in [7, 11) is 0. The quantitative estimate of drug-likeness (QED) is 0.601.